The van der Waals surface area contributed by atoms with Gasteiger partial charge >= 0.3 is 0 Å². The van der Waals surface area contributed by atoms with E-state index in [4.69, 9.17) is 9.72 Å². The molecule has 0 radical (unpaired) electrons. The molecule has 0 unspecified atom stereocenters. The van der Waals surface area contributed by atoms with Crippen LogP contribution in [0.2, 0.25) is 0 Å². The lowest BCUT2D eigenvalue weighted by atomic mass is 10.2. The minimum atomic E-state index is -3.53. The molecular formula is C23H28BrN3O3S2. The zero-order valence-electron chi connectivity index (χ0n) is 18.3. The lowest BCUT2D eigenvalue weighted by Crippen LogP contribution is -2.30. The summed E-state index contributed by atoms with van der Waals surface area (Å²) in [5.41, 5.74) is 2.84. The van der Waals surface area contributed by atoms with E-state index in [9.17, 15) is 8.42 Å². The van der Waals surface area contributed by atoms with Gasteiger partial charge in [-0.3, -0.25) is 0 Å². The van der Waals surface area contributed by atoms with E-state index in [1.54, 1.807) is 23.9 Å². The molecule has 1 atom stereocenters. The Hall–Kier alpha value is -1.39. The molecule has 4 rings (SSSR count). The number of rotatable bonds is 9. The molecule has 1 saturated heterocycles. The van der Waals surface area contributed by atoms with Crippen LogP contribution in [0, 0.1) is 0 Å². The van der Waals surface area contributed by atoms with Gasteiger partial charge in [0.1, 0.15) is 0 Å². The van der Waals surface area contributed by atoms with Crippen LogP contribution in [0.1, 0.15) is 32.3 Å². The summed E-state index contributed by atoms with van der Waals surface area (Å²) >= 11 is 5.19. The number of hydrogen-bond donors (Lipinski definition) is 0. The van der Waals surface area contributed by atoms with Crippen molar-refractivity contribution in [2.24, 2.45) is 0 Å². The van der Waals surface area contributed by atoms with Crippen molar-refractivity contribution in [3.05, 3.63) is 52.5 Å². The number of thioether (sulfide) groups is 1. The molecule has 9 heteroatoms. The Morgan fingerprint density at radius 1 is 1.22 bits per heavy atom. The van der Waals surface area contributed by atoms with Crippen LogP contribution in [0.15, 0.2) is 57.0 Å². The zero-order valence-corrected chi connectivity index (χ0v) is 21.5. The van der Waals surface area contributed by atoms with Crippen LogP contribution in [0.3, 0.4) is 0 Å². The van der Waals surface area contributed by atoms with E-state index in [1.807, 2.05) is 32.0 Å². The maximum absolute atomic E-state index is 13.0. The Kier molecular flexibility index (Phi) is 7.62. The summed E-state index contributed by atoms with van der Waals surface area (Å²) in [6, 6.07) is 13.5. The molecule has 1 fully saturated rings. The van der Waals surface area contributed by atoms with Crippen LogP contribution < -0.4 is 0 Å². The number of imidazole rings is 1. The molecule has 2 heterocycles. The number of sulfonamides is 1. The molecular weight excluding hydrogens is 510 g/mol. The SMILES string of the molecule is CCN(CC)S(=O)(=O)c1ccc2c(c1)nc(SCc1cccc(Br)c1)n2C[C@H]1CCCO1. The Balaban J connectivity index is 1.70. The third kappa shape index (κ3) is 5.07. The van der Waals surface area contributed by atoms with Gasteiger partial charge in [0, 0.05) is 29.9 Å². The van der Waals surface area contributed by atoms with E-state index in [1.165, 1.54) is 9.87 Å². The predicted octanol–water partition coefficient (Wildman–Crippen LogP) is 5.30. The summed E-state index contributed by atoms with van der Waals surface area (Å²) in [6.07, 6.45) is 2.27. The fraction of sp³-hybridized carbons (Fsp3) is 0.435. The number of halogens is 1. The van der Waals surface area contributed by atoms with E-state index in [-0.39, 0.29) is 6.10 Å². The molecule has 0 bridgehead atoms. The smallest absolute Gasteiger partial charge is 0.243 e. The second-order valence-electron chi connectivity index (χ2n) is 7.80. The predicted molar refractivity (Wildman–Crippen MR) is 133 cm³/mol. The summed E-state index contributed by atoms with van der Waals surface area (Å²) in [5.74, 6) is 0.777. The van der Waals surface area contributed by atoms with Gasteiger partial charge in [0.15, 0.2) is 5.16 Å². The highest BCUT2D eigenvalue weighted by Crippen LogP contribution is 2.31. The lowest BCUT2D eigenvalue weighted by molar-refractivity contribution is 0.0960. The van der Waals surface area contributed by atoms with Crippen molar-refractivity contribution in [3.8, 4) is 0 Å². The van der Waals surface area contributed by atoms with Crippen LogP contribution in [-0.4, -0.2) is 48.1 Å². The van der Waals surface area contributed by atoms with E-state index >= 15 is 0 Å². The molecule has 0 aliphatic carbocycles. The number of fused-ring (bicyclic) bond motifs is 1. The number of benzene rings is 2. The Labute approximate surface area is 202 Å². The van der Waals surface area contributed by atoms with Crippen molar-refractivity contribution < 1.29 is 13.2 Å². The van der Waals surface area contributed by atoms with Gasteiger partial charge < -0.3 is 9.30 Å². The lowest BCUT2D eigenvalue weighted by Gasteiger charge is -2.18. The van der Waals surface area contributed by atoms with E-state index in [0.717, 1.165) is 46.9 Å². The minimum Gasteiger partial charge on any atom is -0.376 e. The first-order valence-electron chi connectivity index (χ1n) is 10.9. The standard InChI is InChI=1S/C23H28BrN3O3S2/c1-3-26(4-2)32(28,29)20-10-11-22-21(14-20)25-23(27(22)15-19-9-6-12-30-19)31-16-17-7-5-8-18(24)13-17/h5,7-8,10-11,13-14,19H,3-4,6,9,12,15-16H2,1-2H3/t19-/m1/s1. The van der Waals surface area contributed by atoms with Gasteiger partial charge in [-0.2, -0.15) is 4.31 Å². The van der Waals surface area contributed by atoms with Crippen molar-refractivity contribution in [1.29, 1.82) is 0 Å². The Morgan fingerprint density at radius 3 is 2.72 bits per heavy atom. The first-order chi connectivity index (χ1) is 15.4. The highest BCUT2D eigenvalue weighted by molar-refractivity contribution is 9.10. The van der Waals surface area contributed by atoms with Crippen molar-refractivity contribution >= 4 is 48.7 Å². The highest BCUT2D eigenvalue weighted by Gasteiger charge is 2.24. The maximum atomic E-state index is 13.0. The molecule has 172 valence electrons. The minimum absolute atomic E-state index is 0.164. The van der Waals surface area contributed by atoms with Gasteiger partial charge in [0.25, 0.3) is 0 Å². The quantitative estimate of drug-likeness (QED) is 0.346. The van der Waals surface area contributed by atoms with Crippen molar-refractivity contribution in [2.75, 3.05) is 19.7 Å². The van der Waals surface area contributed by atoms with Gasteiger partial charge in [-0.1, -0.05) is 53.7 Å². The number of nitrogens with zero attached hydrogens (tertiary/aromatic N) is 3. The molecule has 6 nitrogen and oxygen atoms in total. The molecule has 1 aliphatic heterocycles. The normalized spacial score (nSPS) is 16.9. The van der Waals surface area contributed by atoms with Crippen LogP contribution in [0.4, 0.5) is 0 Å². The first kappa shape index (κ1) is 23.8. The molecule has 3 aromatic rings. The van der Waals surface area contributed by atoms with Crippen molar-refractivity contribution in [3.63, 3.8) is 0 Å². The summed E-state index contributed by atoms with van der Waals surface area (Å²) in [6.45, 7) is 6.11. The maximum Gasteiger partial charge on any atom is 0.243 e. The molecule has 1 aromatic heterocycles. The second-order valence-corrected chi connectivity index (χ2v) is 11.6. The van der Waals surface area contributed by atoms with Gasteiger partial charge in [-0.25, -0.2) is 13.4 Å². The average Bonchev–Trinajstić information content (AvgIpc) is 3.41. The van der Waals surface area contributed by atoms with Crippen LogP contribution in [0.5, 0.6) is 0 Å². The Morgan fingerprint density at radius 2 is 2.03 bits per heavy atom. The van der Waals surface area contributed by atoms with Crippen LogP contribution >= 0.6 is 27.7 Å². The topological polar surface area (TPSA) is 64.4 Å². The summed E-state index contributed by atoms with van der Waals surface area (Å²) in [4.78, 5) is 5.14. The summed E-state index contributed by atoms with van der Waals surface area (Å²) in [5, 5.41) is 0.882. The van der Waals surface area contributed by atoms with Crippen LogP contribution in [-0.2, 0) is 27.1 Å². The number of ether oxygens (including phenoxy) is 1. The molecule has 32 heavy (non-hydrogen) atoms. The first-order valence-corrected chi connectivity index (χ1v) is 14.1. The van der Waals surface area contributed by atoms with E-state index in [0.29, 0.717) is 23.5 Å². The number of aromatic nitrogens is 2. The third-order valence-corrected chi connectivity index (χ3v) is 9.28. The summed E-state index contributed by atoms with van der Waals surface area (Å²) < 4.78 is 36.6. The molecule has 0 N–H and O–H groups in total. The van der Waals surface area contributed by atoms with Gasteiger partial charge in [0.05, 0.1) is 28.6 Å². The molecule has 0 amide bonds. The van der Waals surface area contributed by atoms with Crippen molar-refractivity contribution in [2.45, 2.75) is 55.1 Å². The fourth-order valence-electron chi connectivity index (χ4n) is 4.01. The van der Waals surface area contributed by atoms with Gasteiger partial charge in [0.2, 0.25) is 10.0 Å². The highest BCUT2D eigenvalue weighted by atomic mass is 79.9. The van der Waals surface area contributed by atoms with E-state index in [2.05, 4.69) is 32.6 Å². The number of hydrogen-bond acceptors (Lipinski definition) is 5. The fourth-order valence-corrected chi connectivity index (χ4v) is 6.91. The molecule has 0 saturated carbocycles. The third-order valence-electron chi connectivity index (χ3n) is 5.70. The molecule has 1 aliphatic rings. The second kappa shape index (κ2) is 10.3. The summed E-state index contributed by atoms with van der Waals surface area (Å²) in [7, 11) is -3.53. The monoisotopic (exact) mass is 537 g/mol. The average molecular weight is 539 g/mol. The molecule has 0 spiro atoms. The zero-order chi connectivity index (χ0) is 22.7. The van der Waals surface area contributed by atoms with E-state index < -0.39 is 10.0 Å². The van der Waals surface area contributed by atoms with Gasteiger partial charge in [-0.05, 0) is 48.7 Å². The van der Waals surface area contributed by atoms with Gasteiger partial charge in [-0.15, -0.1) is 0 Å². The van der Waals surface area contributed by atoms with Crippen molar-refractivity contribution in [1.82, 2.24) is 13.9 Å². The Bertz CT molecular complexity index is 1190. The van der Waals surface area contributed by atoms with Crippen LogP contribution in [0.25, 0.3) is 11.0 Å². The molecule has 2 aromatic carbocycles. The largest absolute Gasteiger partial charge is 0.376 e.